The van der Waals surface area contributed by atoms with Gasteiger partial charge in [0, 0.05) is 12.0 Å². The molecule has 0 aliphatic carbocycles. The van der Waals surface area contributed by atoms with Crippen LogP contribution in [0.1, 0.15) is 64.0 Å². The van der Waals surface area contributed by atoms with Gasteiger partial charge in [-0.3, -0.25) is 0 Å². The fraction of sp³-hybridized carbons (Fsp3) is 0.519. The van der Waals surface area contributed by atoms with Crippen LogP contribution in [0.4, 0.5) is 4.79 Å². The van der Waals surface area contributed by atoms with Crippen LogP contribution in [0.2, 0.25) is 0 Å². The minimum absolute atomic E-state index is 0.314. The normalized spacial score (nSPS) is 11.5. The number of rotatable bonds is 14. The van der Waals surface area contributed by atoms with Gasteiger partial charge in [0.1, 0.15) is 0 Å². The first-order valence-electron chi connectivity index (χ1n) is 11.9. The summed E-state index contributed by atoms with van der Waals surface area (Å²) in [5.74, 6) is 0. The number of benzene rings is 2. The summed E-state index contributed by atoms with van der Waals surface area (Å²) in [6.45, 7) is 10.5. The molecule has 0 aliphatic rings. The second-order valence-electron chi connectivity index (χ2n) is 8.19. The molecule has 170 valence electrons. The van der Waals surface area contributed by atoms with Crippen LogP contribution in [-0.4, -0.2) is 43.8 Å². The number of ether oxygens (including phenoxy) is 1. The molecule has 0 unspecified atom stereocenters. The highest BCUT2D eigenvalue weighted by molar-refractivity contribution is 5.67. The van der Waals surface area contributed by atoms with Crippen molar-refractivity contribution in [1.29, 1.82) is 0 Å². The van der Waals surface area contributed by atoms with Gasteiger partial charge in [0.25, 0.3) is 0 Å². The van der Waals surface area contributed by atoms with Gasteiger partial charge in [-0.1, -0.05) is 87.4 Å². The van der Waals surface area contributed by atoms with E-state index in [1.165, 1.54) is 36.8 Å². The number of nitrogens with zero attached hydrogens (tertiary/aromatic N) is 1. The van der Waals surface area contributed by atoms with E-state index in [4.69, 9.17) is 4.74 Å². The molecule has 1 amide bonds. The lowest BCUT2D eigenvalue weighted by Gasteiger charge is -2.37. The molecule has 0 atom stereocenters. The van der Waals surface area contributed by atoms with Crippen LogP contribution < -0.4 is 5.32 Å². The van der Waals surface area contributed by atoms with Crippen LogP contribution in [0.3, 0.4) is 0 Å². The van der Waals surface area contributed by atoms with Crippen LogP contribution >= 0.6 is 0 Å². The number of hydrogen-bond donors (Lipinski definition) is 1. The maximum Gasteiger partial charge on any atom is 0.407 e. The Morgan fingerprint density at radius 1 is 0.839 bits per heavy atom. The zero-order chi connectivity index (χ0) is 22.4. The average molecular weight is 425 g/mol. The quantitative estimate of drug-likeness (QED) is 0.404. The fourth-order valence-corrected chi connectivity index (χ4v) is 4.12. The van der Waals surface area contributed by atoms with Crippen molar-refractivity contribution < 1.29 is 9.53 Å². The molecule has 0 spiro atoms. The number of carbonyl (C=O) groups is 1. The number of unbranched alkanes of at least 4 members (excludes halogenated alkanes) is 2. The van der Waals surface area contributed by atoms with Crippen molar-refractivity contribution in [1.82, 2.24) is 10.2 Å². The molecule has 0 fully saturated rings. The monoisotopic (exact) mass is 424 g/mol. The number of alkyl carbamates (subject to hydrolysis) is 1. The van der Waals surface area contributed by atoms with Crippen LogP contribution in [0.25, 0.3) is 0 Å². The van der Waals surface area contributed by atoms with Gasteiger partial charge in [0.15, 0.2) is 0 Å². The topological polar surface area (TPSA) is 41.6 Å². The first-order valence-corrected chi connectivity index (χ1v) is 11.9. The van der Waals surface area contributed by atoms with E-state index < -0.39 is 0 Å². The highest BCUT2D eigenvalue weighted by Crippen LogP contribution is 2.35. The Kier molecular flexibility index (Phi) is 11.2. The van der Waals surface area contributed by atoms with E-state index in [1.807, 2.05) is 19.1 Å². The van der Waals surface area contributed by atoms with Gasteiger partial charge >= 0.3 is 6.09 Å². The molecule has 0 aromatic heterocycles. The highest BCUT2D eigenvalue weighted by Gasteiger charge is 2.35. The fourth-order valence-electron chi connectivity index (χ4n) is 4.12. The smallest absolute Gasteiger partial charge is 0.407 e. The van der Waals surface area contributed by atoms with E-state index >= 15 is 0 Å². The van der Waals surface area contributed by atoms with E-state index in [1.54, 1.807) is 0 Å². The molecular weight excluding hydrogens is 384 g/mol. The van der Waals surface area contributed by atoms with Crippen molar-refractivity contribution in [3.05, 3.63) is 71.8 Å². The van der Waals surface area contributed by atoms with Crippen LogP contribution in [0, 0.1) is 0 Å². The van der Waals surface area contributed by atoms with Crippen molar-refractivity contribution in [3.63, 3.8) is 0 Å². The average Bonchev–Trinajstić information content (AvgIpc) is 2.82. The SMILES string of the molecule is CCCCN(CCCC)CCC(CNC(=O)OCC)(c1ccccc1)c1ccccc1. The zero-order valence-electron chi connectivity index (χ0n) is 19.6. The van der Waals surface area contributed by atoms with Gasteiger partial charge in [-0.15, -0.1) is 0 Å². The van der Waals surface area contributed by atoms with Gasteiger partial charge < -0.3 is 15.0 Å². The van der Waals surface area contributed by atoms with Gasteiger partial charge in [-0.25, -0.2) is 4.79 Å². The van der Waals surface area contributed by atoms with E-state index in [0.717, 1.165) is 26.1 Å². The molecule has 0 bridgehead atoms. The third-order valence-corrected chi connectivity index (χ3v) is 5.97. The van der Waals surface area contributed by atoms with Gasteiger partial charge in [0.05, 0.1) is 6.61 Å². The summed E-state index contributed by atoms with van der Waals surface area (Å²) in [6.07, 6.45) is 5.42. The van der Waals surface area contributed by atoms with Crippen molar-refractivity contribution >= 4 is 6.09 Å². The standard InChI is InChI=1S/C27H40N2O2/c1-4-7-20-29(21-8-5-2)22-19-27(23-28-26(30)31-6-3,24-15-11-9-12-16-24)25-17-13-10-14-18-25/h9-18H,4-8,19-23H2,1-3H3,(H,28,30). The highest BCUT2D eigenvalue weighted by atomic mass is 16.5. The molecule has 0 heterocycles. The summed E-state index contributed by atoms with van der Waals surface area (Å²) in [5.41, 5.74) is 2.14. The van der Waals surface area contributed by atoms with Crippen LogP contribution in [0.5, 0.6) is 0 Å². The Bertz CT molecular complexity index is 686. The molecule has 0 radical (unpaired) electrons. The Balaban J connectivity index is 2.37. The minimum atomic E-state index is -0.354. The Morgan fingerprint density at radius 2 is 1.35 bits per heavy atom. The minimum Gasteiger partial charge on any atom is -0.450 e. The van der Waals surface area contributed by atoms with E-state index in [2.05, 4.69) is 72.6 Å². The van der Waals surface area contributed by atoms with Crippen molar-refractivity contribution in [2.45, 2.75) is 58.3 Å². The van der Waals surface area contributed by atoms with Gasteiger partial charge in [-0.2, -0.15) is 0 Å². The number of carbonyl (C=O) groups excluding carboxylic acids is 1. The van der Waals surface area contributed by atoms with Gasteiger partial charge in [-0.05, 0) is 56.9 Å². The summed E-state index contributed by atoms with van der Waals surface area (Å²) >= 11 is 0. The maximum absolute atomic E-state index is 12.2. The van der Waals surface area contributed by atoms with Crippen molar-refractivity contribution in [2.75, 3.05) is 32.8 Å². The largest absolute Gasteiger partial charge is 0.450 e. The van der Waals surface area contributed by atoms with Crippen molar-refractivity contribution in [2.24, 2.45) is 0 Å². The molecule has 1 N–H and O–H groups in total. The predicted octanol–water partition coefficient (Wildman–Crippen LogP) is 6.01. The first kappa shape index (κ1) is 24.9. The molecule has 0 saturated heterocycles. The van der Waals surface area contributed by atoms with Crippen molar-refractivity contribution in [3.8, 4) is 0 Å². The zero-order valence-corrected chi connectivity index (χ0v) is 19.6. The third-order valence-electron chi connectivity index (χ3n) is 5.97. The lowest BCUT2D eigenvalue weighted by molar-refractivity contribution is 0.149. The molecule has 2 aromatic carbocycles. The molecular formula is C27H40N2O2. The predicted molar refractivity (Wildman–Crippen MR) is 130 cm³/mol. The van der Waals surface area contributed by atoms with Gasteiger partial charge in [0.2, 0.25) is 0 Å². The lowest BCUT2D eigenvalue weighted by atomic mass is 9.71. The first-order chi connectivity index (χ1) is 15.2. The van der Waals surface area contributed by atoms with Crippen LogP contribution in [-0.2, 0) is 10.2 Å². The summed E-state index contributed by atoms with van der Waals surface area (Å²) < 4.78 is 5.18. The number of amides is 1. The summed E-state index contributed by atoms with van der Waals surface area (Å²) in [5, 5.41) is 3.05. The second kappa shape index (κ2) is 13.9. The molecule has 2 rings (SSSR count). The molecule has 4 heteroatoms. The van der Waals surface area contributed by atoms with E-state index in [-0.39, 0.29) is 11.5 Å². The molecule has 0 saturated carbocycles. The summed E-state index contributed by atoms with van der Waals surface area (Å²) in [4.78, 5) is 14.8. The summed E-state index contributed by atoms with van der Waals surface area (Å²) in [7, 11) is 0. The Labute approximate surface area is 189 Å². The second-order valence-corrected chi connectivity index (χ2v) is 8.19. The lowest BCUT2D eigenvalue weighted by Crippen LogP contribution is -2.44. The molecule has 2 aromatic rings. The molecule has 31 heavy (non-hydrogen) atoms. The summed E-state index contributed by atoms with van der Waals surface area (Å²) in [6, 6.07) is 21.2. The number of nitrogens with one attached hydrogen (secondary N) is 1. The number of hydrogen-bond acceptors (Lipinski definition) is 3. The maximum atomic E-state index is 12.2. The Morgan fingerprint density at radius 3 is 1.81 bits per heavy atom. The van der Waals surface area contributed by atoms with E-state index in [9.17, 15) is 4.79 Å². The third kappa shape index (κ3) is 7.70. The van der Waals surface area contributed by atoms with E-state index in [0.29, 0.717) is 13.2 Å². The van der Waals surface area contributed by atoms with Crippen LogP contribution in [0.15, 0.2) is 60.7 Å². The Hall–Kier alpha value is -2.33. The molecule has 0 aliphatic heterocycles. The molecule has 4 nitrogen and oxygen atoms in total.